The van der Waals surface area contributed by atoms with Crippen LogP contribution in [-0.4, -0.2) is 15.5 Å². The summed E-state index contributed by atoms with van der Waals surface area (Å²) in [7, 11) is -1.96. The predicted molar refractivity (Wildman–Crippen MR) is 85.6 cm³/mol. The number of benzene rings is 2. The first-order chi connectivity index (χ1) is 9.32. The van der Waals surface area contributed by atoms with Gasteiger partial charge in [-0.15, -0.1) is 0 Å². The van der Waals surface area contributed by atoms with Gasteiger partial charge in [-0.05, 0) is 55.3 Å². The molecule has 2 rings (SSSR count). The molecule has 5 heteroatoms. The van der Waals surface area contributed by atoms with E-state index in [4.69, 9.17) is 0 Å². The molecule has 0 unspecified atom stereocenters. The average Bonchev–Trinajstić information content (AvgIpc) is 2.40. The van der Waals surface area contributed by atoms with Crippen molar-refractivity contribution in [3.8, 4) is 0 Å². The smallest absolute Gasteiger partial charge is 0.264 e. The standard InChI is InChI=1S/C15H16BrNO2S/c1-11-5-4-6-13(9-11)17(3)20(18,19)14-7-8-15(16)12(2)10-14/h4-10H,1-3H3. The van der Waals surface area contributed by atoms with Crippen LogP contribution in [0.5, 0.6) is 0 Å². The topological polar surface area (TPSA) is 37.4 Å². The Balaban J connectivity index is 2.46. The third kappa shape index (κ3) is 2.88. The van der Waals surface area contributed by atoms with Gasteiger partial charge in [-0.2, -0.15) is 0 Å². The first-order valence-corrected chi connectivity index (χ1v) is 8.37. The summed E-state index contributed by atoms with van der Waals surface area (Å²) >= 11 is 3.38. The number of hydrogen-bond donors (Lipinski definition) is 0. The summed E-state index contributed by atoms with van der Waals surface area (Å²) < 4.78 is 27.4. The molecule has 0 aliphatic carbocycles. The fourth-order valence-electron chi connectivity index (χ4n) is 1.90. The molecule has 0 amide bonds. The fraction of sp³-hybridized carbons (Fsp3) is 0.200. The second kappa shape index (κ2) is 5.58. The highest BCUT2D eigenvalue weighted by molar-refractivity contribution is 9.10. The Labute approximate surface area is 128 Å². The zero-order valence-corrected chi connectivity index (χ0v) is 14.0. The van der Waals surface area contributed by atoms with Crippen molar-refractivity contribution in [3.05, 3.63) is 58.1 Å². The van der Waals surface area contributed by atoms with Gasteiger partial charge in [0.05, 0.1) is 10.6 Å². The second-order valence-electron chi connectivity index (χ2n) is 4.72. The Hall–Kier alpha value is -1.33. The van der Waals surface area contributed by atoms with Crippen molar-refractivity contribution in [1.29, 1.82) is 0 Å². The van der Waals surface area contributed by atoms with E-state index in [0.717, 1.165) is 15.6 Å². The van der Waals surface area contributed by atoms with Crippen molar-refractivity contribution in [2.45, 2.75) is 18.7 Å². The highest BCUT2D eigenvalue weighted by Gasteiger charge is 2.21. The predicted octanol–water partition coefficient (Wildman–Crippen LogP) is 3.89. The number of nitrogens with zero attached hydrogens (tertiary/aromatic N) is 1. The van der Waals surface area contributed by atoms with Crippen LogP contribution in [0, 0.1) is 13.8 Å². The minimum atomic E-state index is -3.54. The minimum absolute atomic E-state index is 0.294. The quantitative estimate of drug-likeness (QED) is 0.839. The van der Waals surface area contributed by atoms with Gasteiger partial charge >= 0.3 is 0 Å². The number of rotatable bonds is 3. The van der Waals surface area contributed by atoms with Gasteiger partial charge in [-0.3, -0.25) is 4.31 Å². The Morgan fingerprint density at radius 2 is 1.75 bits per heavy atom. The molecule has 0 fully saturated rings. The second-order valence-corrected chi connectivity index (χ2v) is 7.55. The minimum Gasteiger partial charge on any atom is -0.269 e. The van der Waals surface area contributed by atoms with Gasteiger partial charge in [0, 0.05) is 11.5 Å². The van der Waals surface area contributed by atoms with Crippen molar-refractivity contribution in [2.75, 3.05) is 11.4 Å². The van der Waals surface area contributed by atoms with Gasteiger partial charge in [0.2, 0.25) is 0 Å². The van der Waals surface area contributed by atoms with E-state index in [9.17, 15) is 8.42 Å². The summed E-state index contributed by atoms with van der Waals surface area (Å²) in [6.45, 7) is 3.81. The van der Waals surface area contributed by atoms with E-state index in [2.05, 4.69) is 15.9 Å². The molecule has 0 bridgehead atoms. The maximum Gasteiger partial charge on any atom is 0.264 e. The third-order valence-corrected chi connectivity index (χ3v) is 5.82. The van der Waals surface area contributed by atoms with E-state index in [1.807, 2.05) is 32.0 Å². The van der Waals surface area contributed by atoms with E-state index >= 15 is 0 Å². The van der Waals surface area contributed by atoms with Crippen LogP contribution in [0.2, 0.25) is 0 Å². The lowest BCUT2D eigenvalue weighted by atomic mass is 10.2. The van der Waals surface area contributed by atoms with Crippen molar-refractivity contribution < 1.29 is 8.42 Å². The van der Waals surface area contributed by atoms with Crippen LogP contribution in [0.4, 0.5) is 5.69 Å². The van der Waals surface area contributed by atoms with E-state index in [-0.39, 0.29) is 0 Å². The summed E-state index contributed by atoms with van der Waals surface area (Å²) in [5.41, 5.74) is 2.57. The van der Waals surface area contributed by atoms with Crippen LogP contribution in [-0.2, 0) is 10.0 Å². The Kier molecular flexibility index (Phi) is 4.20. The highest BCUT2D eigenvalue weighted by Crippen LogP contribution is 2.25. The lowest BCUT2D eigenvalue weighted by molar-refractivity contribution is 0.594. The molecular weight excluding hydrogens is 338 g/mol. The molecule has 0 spiro atoms. The molecule has 0 heterocycles. The molecule has 0 saturated heterocycles. The zero-order chi connectivity index (χ0) is 14.9. The molecule has 0 N–H and O–H groups in total. The van der Waals surface area contributed by atoms with Crippen molar-refractivity contribution in [2.24, 2.45) is 0 Å². The van der Waals surface area contributed by atoms with Crippen molar-refractivity contribution >= 4 is 31.6 Å². The van der Waals surface area contributed by atoms with Crippen LogP contribution < -0.4 is 4.31 Å². The summed E-state index contributed by atoms with van der Waals surface area (Å²) in [4.78, 5) is 0.294. The normalized spacial score (nSPS) is 11.4. The third-order valence-electron chi connectivity index (χ3n) is 3.15. The fourth-order valence-corrected chi connectivity index (χ4v) is 3.42. The average molecular weight is 354 g/mol. The van der Waals surface area contributed by atoms with E-state index in [1.165, 1.54) is 4.31 Å². The number of aryl methyl sites for hydroxylation is 2. The molecule has 0 atom stereocenters. The number of anilines is 1. The highest BCUT2D eigenvalue weighted by atomic mass is 79.9. The monoisotopic (exact) mass is 353 g/mol. The van der Waals surface area contributed by atoms with Crippen LogP contribution in [0.1, 0.15) is 11.1 Å². The van der Waals surface area contributed by atoms with E-state index in [0.29, 0.717) is 10.6 Å². The molecule has 0 radical (unpaired) electrons. The first-order valence-electron chi connectivity index (χ1n) is 6.14. The van der Waals surface area contributed by atoms with Crippen LogP contribution in [0.15, 0.2) is 51.8 Å². The van der Waals surface area contributed by atoms with Crippen LogP contribution >= 0.6 is 15.9 Å². The number of halogens is 1. The molecule has 20 heavy (non-hydrogen) atoms. The lowest BCUT2D eigenvalue weighted by Gasteiger charge is -2.20. The maximum atomic E-state index is 12.6. The molecular formula is C15H16BrNO2S. The van der Waals surface area contributed by atoms with E-state index < -0.39 is 10.0 Å². The van der Waals surface area contributed by atoms with Gasteiger partial charge < -0.3 is 0 Å². The number of sulfonamides is 1. The molecule has 106 valence electrons. The zero-order valence-electron chi connectivity index (χ0n) is 11.6. The molecule has 0 aliphatic heterocycles. The molecule has 0 aromatic heterocycles. The van der Waals surface area contributed by atoms with Crippen molar-refractivity contribution in [3.63, 3.8) is 0 Å². The largest absolute Gasteiger partial charge is 0.269 e. The Morgan fingerprint density at radius 1 is 1.05 bits per heavy atom. The molecule has 0 saturated carbocycles. The van der Waals surface area contributed by atoms with Crippen molar-refractivity contribution in [1.82, 2.24) is 0 Å². The molecule has 2 aromatic rings. The van der Waals surface area contributed by atoms with Crippen LogP contribution in [0.3, 0.4) is 0 Å². The lowest BCUT2D eigenvalue weighted by Crippen LogP contribution is -2.26. The van der Waals surface area contributed by atoms with Gasteiger partial charge in [0.15, 0.2) is 0 Å². The summed E-state index contributed by atoms with van der Waals surface area (Å²) in [5, 5.41) is 0. The number of hydrogen-bond acceptors (Lipinski definition) is 2. The maximum absolute atomic E-state index is 12.6. The Morgan fingerprint density at radius 3 is 2.35 bits per heavy atom. The summed E-state index contributed by atoms with van der Waals surface area (Å²) in [5.74, 6) is 0. The van der Waals surface area contributed by atoms with Gasteiger partial charge in [-0.1, -0.05) is 28.1 Å². The molecule has 3 nitrogen and oxygen atoms in total. The summed E-state index contributed by atoms with van der Waals surface area (Å²) in [6.07, 6.45) is 0. The van der Waals surface area contributed by atoms with Gasteiger partial charge in [0.1, 0.15) is 0 Å². The van der Waals surface area contributed by atoms with Crippen LogP contribution in [0.25, 0.3) is 0 Å². The molecule has 2 aromatic carbocycles. The van der Waals surface area contributed by atoms with Gasteiger partial charge in [0.25, 0.3) is 10.0 Å². The molecule has 0 aliphatic rings. The SMILES string of the molecule is Cc1cccc(N(C)S(=O)(=O)c2ccc(Br)c(C)c2)c1. The van der Waals surface area contributed by atoms with Gasteiger partial charge in [-0.25, -0.2) is 8.42 Å². The Bertz CT molecular complexity index is 741. The summed E-state index contributed by atoms with van der Waals surface area (Å²) in [6, 6.07) is 12.5. The first kappa shape index (κ1) is 15.1. The van der Waals surface area contributed by atoms with E-state index in [1.54, 1.807) is 31.3 Å².